The highest BCUT2D eigenvalue weighted by atomic mass is 16.5. The van der Waals surface area contributed by atoms with Crippen LogP contribution in [0.4, 0.5) is 0 Å². The number of likely N-dealkylation sites (tertiary alicyclic amines) is 1. The van der Waals surface area contributed by atoms with Gasteiger partial charge >= 0.3 is 0 Å². The molecule has 2 aromatic carbocycles. The smallest absolute Gasteiger partial charge is 0.242 e. The van der Waals surface area contributed by atoms with Crippen molar-refractivity contribution < 1.29 is 14.3 Å². The predicted octanol–water partition coefficient (Wildman–Crippen LogP) is 4.50. The molecule has 1 aliphatic heterocycles. The molecule has 1 unspecified atom stereocenters. The third-order valence-corrected chi connectivity index (χ3v) is 6.68. The lowest BCUT2D eigenvalue weighted by atomic mass is 9.88. The van der Waals surface area contributed by atoms with Gasteiger partial charge in [-0.05, 0) is 55.4 Å². The molecule has 1 aliphatic carbocycles. The molecule has 5 heteroatoms. The first-order valence-electron chi connectivity index (χ1n) is 12.0. The summed E-state index contributed by atoms with van der Waals surface area (Å²) < 4.78 is 5.83. The van der Waals surface area contributed by atoms with Crippen LogP contribution in [0.15, 0.2) is 54.6 Å². The maximum absolute atomic E-state index is 12.9. The van der Waals surface area contributed by atoms with Gasteiger partial charge < -0.3 is 15.0 Å². The van der Waals surface area contributed by atoms with E-state index in [2.05, 4.69) is 5.32 Å². The molecule has 1 saturated carbocycles. The molecule has 2 aliphatic rings. The normalized spacial score (nSPS) is 19.0. The second kappa shape index (κ2) is 11.2. The van der Waals surface area contributed by atoms with Crippen LogP contribution < -0.4 is 10.1 Å². The van der Waals surface area contributed by atoms with Gasteiger partial charge in [-0.1, -0.05) is 61.7 Å². The van der Waals surface area contributed by atoms with E-state index in [0.717, 1.165) is 68.4 Å². The summed E-state index contributed by atoms with van der Waals surface area (Å²) in [7, 11) is 0. The molecule has 32 heavy (non-hydrogen) atoms. The van der Waals surface area contributed by atoms with Crippen molar-refractivity contribution in [2.75, 3.05) is 13.1 Å². The number of amides is 2. The van der Waals surface area contributed by atoms with Crippen molar-refractivity contribution in [2.45, 2.75) is 64.0 Å². The number of nitrogens with one attached hydrogen (secondary N) is 1. The molecule has 1 heterocycles. The molecule has 2 fully saturated rings. The molecule has 0 bridgehead atoms. The van der Waals surface area contributed by atoms with E-state index in [9.17, 15) is 9.59 Å². The van der Waals surface area contributed by atoms with Gasteiger partial charge in [-0.3, -0.25) is 9.59 Å². The van der Waals surface area contributed by atoms with Gasteiger partial charge in [-0.15, -0.1) is 0 Å². The summed E-state index contributed by atoms with van der Waals surface area (Å²) in [6.07, 6.45) is 7.92. The van der Waals surface area contributed by atoms with E-state index in [1.54, 1.807) is 0 Å². The average Bonchev–Trinajstić information content (AvgIpc) is 3.34. The number of carbonyl (C=O) groups is 2. The molecule has 1 atom stereocenters. The zero-order valence-corrected chi connectivity index (χ0v) is 18.8. The standard InChI is InChI=1S/C27H34N2O3/c30-26(25-12-7-19-29(25)27(31)23-10-5-2-6-11-23)28-18-17-21-13-15-24(16-14-21)32-20-22-8-3-1-4-9-22/h1,3-4,8-9,13-16,23,25H,2,5-7,10-12,17-20H2,(H,28,30). The number of nitrogens with zero attached hydrogens (tertiary/aromatic N) is 1. The van der Waals surface area contributed by atoms with E-state index in [0.29, 0.717) is 13.2 Å². The molecule has 2 aromatic rings. The molecule has 1 saturated heterocycles. The number of rotatable bonds is 8. The van der Waals surface area contributed by atoms with Crippen LogP contribution in [0.1, 0.15) is 56.1 Å². The molecular formula is C27H34N2O3. The quantitative estimate of drug-likeness (QED) is 0.666. The Morgan fingerprint density at radius 3 is 2.38 bits per heavy atom. The highest BCUT2D eigenvalue weighted by molar-refractivity contribution is 5.89. The Labute approximate surface area is 191 Å². The summed E-state index contributed by atoms with van der Waals surface area (Å²) in [4.78, 5) is 27.6. The van der Waals surface area contributed by atoms with Gasteiger partial charge in [0.15, 0.2) is 0 Å². The number of benzene rings is 2. The lowest BCUT2D eigenvalue weighted by Gasteiger charge is -2.30. The highest BCUT2D eigenvalue weighted by Crippen LogP contribution is 2.28. The molecule has 170 valence electrons. The Morgan fingerprint density at radius 2 is 1.62 bits per heavy atom. The lowest BCUT2D eigenvalue weighted by molar-refractivity contribution is -0.142. The van der Waals surface area contributed by atoms with Crippen LogP contribution in [0.2, 0.25) is 0 Å². The van der Waals surface area contributed by atoms with Crippen molar-refractivity contribution in [3.8, 4) is 5.75 Å². The van der Waals surface area contributed by atoms with Crippen LogP contribution in [-0.2, 0) is 22.6 Å². The van der Waals surface area contributed by atoms with Gasteiger partial charge in [-0.2, -0.15) is 0 Å². The van der Waals surface area contributed by atoms with Crippen molar-refractivity contribution in [1.82, 2.24) is 10.2 Å². The van der Waals surface area contributed by atoms with Gasteiger partial charge in [0.25, 0.3) is 0 Å². The van der Waals surface area contributed by atoms with Crippen molar-refractivity contribution in [3.63, 3.8) is 0 Å². The van der Waals surface area contributed by atoms with Gasteiger partial charge in [0.1, 0.15) is 18.4 Å². The Bertz CT molecular complexity index is 876. The van der Waals surface area contributed by atoms with Gasteiger partial charge in [-0.25, -0.2) is 0 Å². The molecule has 1 N–H and O–H groups in total. The predicted molar refractivity (Wildman–Crippen MR) is 125 cm³/mol. The minimum atomic E-state index is -0.293. The van der Waals surface area contributed by atoms with Crippen molar-refractivity contribution in [2.24, 2.45) is 5.92 Å². The van der Waals surface area contributed by atoms with E-state index in [4.69, 9.17) is 4.74 Å². The zero-order valence-electron chi connectivity index (χ0n) is 18.8. The highest BCUT2D eigenvalue weighted by Gasteiger charge is 2.37. The van der Waals surface area contributed by atoms with Crippen LogP contribution in [0.5, 0.6) is 5.75 Å². The monoisotopic (exact) mass is 434 g/mol. The maximum Gasteiger partial charge on any atom is 0.242 e. The summed E-state index contributed by atoms with van der Waals surface area (Å²) in [5.41, 5.74) is 2.29. The van der Waals surface area contributed by atoms with Crippen LogP contribution >= 0.6 is 0 Å². The van der Waals surface area contributed by atoms with Crippen LogP contribution in [0.25, 0.3) is 0 Å². The molecule has 0 spiro atoms. The topological polar surface area (TPSA) is 58.6 Å². The largest absolute Gasteiger partial charge is 0.489 e. The van der Waals surface area contributed by atoms with Crippen LogP contribution in [0.3, 0.4) is 0 Å². The SMILES string of the molecule is O=C(NCCc1ccc(OCc2ccccc2)cc1)C1CCCN1C(=O)C1CCCCC1. The maximum atomic E-state index is 12.9. The summed E-state index contributed by atoms with van der Waals surface area (Å²) in [6, 6.07) is 17.8. The second-order valence-corrected chi connectivity index (χ2v) is 8.98. The first-order valence-corrected chi connectivity index (χ1v) is 12.0. The van der Waals surface area contributed by atoms with Gasteiger partial charge in [0, 0.05) is 19.0 Å². The first kappa shape index (κ1) is 22.4. The third kappa shape index (κ3) is 5.90. The molecular weight excluding hydrogens is 400 g/mol. The minimum absolute atomic E-state index is 0.00512. The van der Waals surface area contributed by atoms with E-state index in [-0.39, 0.29) is 23.8 Å². The van der Waals surface area contributed by atoms with Crippen molar-refractivity contribution in [3.05, 3.63) is 65.7 Å². The Morgan fingerprint density at radius 1 is 0.875 bits per heavy atom. The van der Waals surface area contributed by atoms with Crippen LogP contribution in [-0.4, -0.2) is 35.8 Å². The summed E-state index contributed by atoms with van der Waals surface area (Å²) in [5.74, 6) is 1.16. The summed E-state index contributed by atoms with van der Waals surface area (Å²) in [5, 5.41) is 3.06. The molecule has 4 rings (SSSR count). The zero-order chi connectivity index (χ0) is 22.2. The van der Waals surface area contributed by atoms with E-state index >= 15 is 0 Å². The van der Waals surface area contributed by atoms with Gasteiger partial charge in [0.05, 0.1) is 0 Å². The van der Waals surface area contributed by atoms with E-state index in [1.807, 2.05) is 59.5 Å². The Kier molecular flexibility index (Phi) is 7.81. The fraction of sp³-hybridized carbons (Fsp3) is 0.481. The minimum Gasteiger partial charge on any atom is -0.489 e. The lowest BCUT2D eigenvalue weighted by Crippen LogP contribution is -2.48. The number of ether oxygens (including phenoxy) is 1. The molecule has 0 radical (unpaired) electrons. The Balaban J connectivity index is 1.21. The second-order valence-electron chi connectivity index (χ2n) is 8.98. The molecule has 5 nitrogen and oxygen atoms in total. The van der Waals surface area contributed by atoms with Crippen molar-refractivity contribution in [1.29, 1.82) is 0 Å². The summed E-state index contributed by atoms with van der Waals surface area (Å²) in [6.45, 7) is 1.84. The van der Waals surface area contributed by atoms with Crippen molar-refractivity contribution >= 4 is 11.8 Å². The number of carbonyl (C=O) groups excluding carboxylic acids is 2. The van der Waals surface area contributed by atoms with Crippen LogP contribution in [0, 0.1) is 5.92 Å². The average molecular weight is 435 g/mol. The fourth-order valence-corrected chi connectivity index (χ4v) is 4.83. The number of hydrogen-bond acceptors (Lipinski definition) is 3. The third-order valence-electron chi connectivity index (χ3n) is 6.68. The fourth-order valence-electron chi connectivity index (χ4n) is 4.83. The molecule has 2 amide bonds. The Hall–Kier alpha value is -2.82. The first-order chi connectivity index (χ1) is 15.7. The van der Waals surface area contributed by atoms with Gasteiger partial charge in [0.2, 0.25) is 11.8 Å². The van der Waals surface area contributed by atoms with E-state index < -0.39 is 0 Å². The van der Waals surface area contributed by atoms with E-state index in [1.165, 1.54) is 6.42 Å². The molecule has 0 aromatic heterocycles. The summed E-state index contributed by atoms with van der Waals surface area (Å²) >= 11 is 0. The number of hydrogen-bond donors (Lipinski definition) is 1.